The second kappa shape index (κ2) is 7.87. The Bertz CT molecular complexity index is 673. The molecule has 114 valence electrons. The van der Waals surface area contributed by atoms with Gasteiger partial charge in [-0.2, -0.15) is 0 Å². The van der Waals surface area contributed by atoms with Crippen LogP contribution in [0.4, 0.5) is 5.69 Å². The third-order valence-electron chi connectivity index (χ3n) is 2.84. The van der Waals surface area contributed by atoms with Crippen molar-refractivity contribution in [2.24, 2.45) is 0 Å². The summed E-state index contributed by atoms with van der Waals surface area (Å²) in [5, 5.41) is 12.4. The number of carboxylic acids is 1. The van der Waals surface area contributed by atoms with Gasteiger partial charge in [-0.25, -0.2) is 4.79 Å². The molecule has 0 aromatic heterocycles. The van der Waals surface area contributed by atoms with Crippen molar-refractivity contribution in [3.8, 4) is 0 Å². The van der Waals surface area contributed by atoms with Crippen molar-refractivity contribution in [1.82, 2.24) is 0 Å². The van der Waals surface area contributed by atoms with E-state index >= 15 is 0 Å². The SMILES string of the molecule is O=C(CCSc1ccc(Cl)cc1)Nc1ccccc1C(=O)O. The van der Waals surface area contributed by atoms with E-state index in [9.17, 15) is 9.59 Å². The number of anilines is 1. The summed E-state index contributed by atoms with van der Waals surface area (Å²) in [6.45, 7) is 0. The normalized spacial score (nSPS) is 10.2. The quantitative estimate of drug-likeness (QED) is 0.778. The summed E-state index contributed by atoms with van der Waals surface area (Å²) in [4.78, 5) is 24.0. The van der Waals surface area contributed by atoms with E-state index in [2.05, 4.69) is 5.32 Å². The molecule has 0 bridgehead atoms. The topological polar surface area (TPSA) is 66.4 Å². The zero-order chi connectivity index (χ0) is 15.9. The molecule has 2 aromatic rings. The molecule has 0 fully saturated rings. The lowest BCUT2D eigenvalue weighted by molar-refractivity contribution is -0.115. The Balaban J connectivity index is 1.86. The Morgan fingerprint density at radius 2 is 1.77 bits per heavy atom. The molecule has 0 saturated heterocycles. The summed E-state index contributed by atoms with van der Waals surface area (Å²) in [6, 6.07) is 13.7. The molecule has 22 heavy (non-hydrogen) atoms. The van der Waals surface area contributed by atoms with Gasteiger partial charge in [0.2, 0.25) is 5.91 Å². The number of hydrogen-bond donors (Lipinski definition) is 2. The van der Waals surface area contributed by atoms with Crippen LogP contribution in [0.2, 0.25) is 5.02 Å². The molecular weight excluding hydrogens is 322 g/mol. The van der Waals surface area contributed by atoms with Crippen LogP contribution in [0.1, 0.15) is 16.8 Å². The van der Waals surface area contributed by atoms with Crippen molar-refractivity contribution in [2.75, 3.05) is 11.1 Å². The Morgan fingerprint density at radius 3 is 2.45 bits per heavy atom. The van der Waals surface area contributed by atoms with Gasteiger partial charge in [-0.15, -0.1) is 11.8 Å². The number of amides is 1. The molecule has 0 heterocycles. The number of nitrogens with one attached hydrogen (secondary N) is 1. The number of halogens is 1. The summed E-state index contributed by atoms with van der Waals surface area (Å²) in [5.74, 6) is -0.676. The van der Waals surface area contributed by atoms with Crippen LogP contribution in [0.3, 0.4) is 0 Å². The number of carbonyl (C=O) groups is 2. The molecule has 2 rings (SSSR count). The first-order valence-corrected chi connectivity index (χ1v) is 7.93. The molecule has 0 saturated carbocycles. The molecule has 4 nitrogen and oxygen atoms in total. The maximum atomic E-state index is 11.9. The number of benzene rings is 2. The molecule has 6 heteroatoms. The lowest BCUT2D eigenvalue weighted by Gasteiger charge is -2.08. The molecule has 0 atom stereocenters. The van der Waals surface area contributed by atoms with E-state index < -0.39 is 5.97 Å². The largest absolute Gasteiger partial charge is 0.478 e. The highest BCUT2D eigenvalue weighted by molar-refractivity contribution is 7.99. The Kier molecular flexibility index (Phi) is 5.86. The number of hydrogen-bond acceptors (Lipinski definition) is 3. The highest BCUT2D eigenvalue weighted by Crippen LogP contribution is 2.21. The van der Waals surface area contributed by atoms with Crippen molar-refractivity contribution < 1.29 is 14.7 Å². The van der Waals surface area contributed by atoms with E-state index in [1.807, 2.05) is 12.1 Å². The molecule has 2 aromatic carbocycles. The fourth-order valence-corrected chi connectivity index (χ4v) is 2.76. The van der Waals surface area contributed by atoms with Crippen molar-refractivity contribution in [2.45, 2.75) is 11.3 Å². The van der Waals surface area contributed by atoms with Gasteiger partial charge in [0.25, 0.3) is 0 Å². The van der Waals surface area contributed by atoms with Crippen LogP contribution in [0, 0.1) is 0 Å². The van der Waals surface area contributed by atoms with Crippen molar-refractivity contribution in [1.29, 1.82) is 0 Å². The predicted molar refractivity (Wildman–Crippen MR) is 88.8 cm³/mol. The van der Waals surface area contributed by atoms with Gasteiger partial charge >= 0.3 is 5.97 Å². The first kappa shape index (κ1) is 16.4. The molecule has 0 spiro atoms. The average Bonchev–Trinajstić information content (AvgIpc) is 2.49. The van der Waals surface area contributed by atoms with E-state index in [0.29, 0.717) is 22.9 Å². The van der Waals surface area contributed by atoms with E-state index in [1.54, 1.807) is 42.1 Å². The van der Waals surface area contributed by atoms with E-state index in [-0.39, 0.29) is 11.5 Å². The molecule has 0 aliphatic carbocycles. The summed E-state index contributed by atoms with van der Waals surface area (Å²) in [6.07, 6.45) is 0.293. The second-order valence-electron chi connectivity index (χ2n) is 4.45. The molecular formula is C16H14ClNO3S. The van der Waals surface area contributed by atoms with Gasteiger partial charge in [0.1, 0.15) is 0 Å². The zero-order valence-corrected chi connectivity index (χ0v) is 13.2. The third-order valence-corrected chi connectivity index (χ3v) is 4.11. The zero-order valence-electron chi connectivity index (χ0n) is 11.6. The van der Waals surface area contributed by atoms with Crippen molar-refractivity contribution in [3.63, 3.8) is 0 Å². The van der Waals surface area contributed by atoms with Crippen LogP contribution in [0.5, 0.6) is 0 Å². The van der Waals surface area contributed by atoms with Crippen LogP contribution in [0.15, 0.2) is 53.4 Å². The number of para-hydroxylation sites is 1. The summed E-state index contributed by atoms with van der Waals surface area (Å²) < 4.78 is 0. The highest BCUT2D eigenvalue weighted by atomic mass is 35.5. The molecule has 0 radical (unpaired) electrons. The Morgan fingerprint density at radius 1 is 1.09 bits per heavy atom. The van der Waals surface area contributed by atoms with Crippen LogP contribution in [-0.2, 0) is 4.79 Å². The number of carboxylic acid groups (broad SMARTS) is 1. The van der Waals surface area contributed by atoms with Gasteiger partial charge < -0.3 is 10.4 Å². The average molecular weight is 336 g/mol. The summed E-state index contributed by atoms with van der Waals surface area (Å²) in [7, 11) is 0. The van der Waals surface area contributed by atoms with Gasteiger partial charge in [-0.05, 0) is 36.4 Å². The maximum Gasteiger partial charge on any atom is 0.337 e. The maximum absolute atomic E-state index is 11.9. The predicted octanol–water partition coefficient (Wildman–Crippen LogP) is 4.16. The van der Waals surface area contributed by atoms with E-state index in [1.165, 1.54) is 6.07 Å². The fourth-order valence-electron chi connectivity index (χ4n) is 1.78. The van der Waals surface area contributed by atoms with Crippen LogP contribution in [-0.4, -0.2) is 22.7 Å². The smallest absolute Gasteiger partial charge is 0.337 e. The fraction of sp³-hybridized carbons (Fsp3) is 0.125. The third kappa shape index (κ3) is 4.79. The molecule has 0 aliphatic heterocycles. The van der Waals surface area contributed by atoms with Gasteiger partial charge in [0, 0.05) is 22.1 Å². The minimum atomic E-state index is -1.06. The summed E-state index contributed by atoms with van der Waals surface area (Å²) in [5.41, 5.74) is 0.401. The number of rotatable bonds is 6. The lowest BCUT2D eigenvalue weighted by atomic mass is 10.2. The molecule has 2 N–H and O–H groups in total. The standard InChI is InChI=1S/C16H14ClNO3S/c17-11-5-7-12(8-6-11)22-10-9-15(19)18-14-4-2-1-3-13(14)16(20)21/h1-8H,9-10H2,(H,18,19)(H,20,21). The Labute approximate surface area is 137 Å². The van der Waals surface area contributed by atoms with Gasteiger partial charge in [0.15, 0.2) is 0 Å². The van der Waals surface area contributed by atoms with Crippen LogP contribution in [0.25, 0.3) is 0 Å². The number of carbonyl (C=O) groups excluding carboxylic acids is 1. The minimum absolute atomic E-state index is 0.0844. The van der Waals surface area contributed by atoms with Crippen LogP contribution >= 0.6 is 23.4 Å². The van der Waals surface area contributed by atoms with Gasteiger partial charge in [-0.3, -0.25) is 4.79 Å². The van der Waals surface area contributed by atoms with Crippen molar-refractivity contribution in [3.05, 3.63) is 59.1 Å². The lowest BCUT2D eigenvalue weighted by Crippen LogP contribution is -2.15. The van der Waals surface area contributed by atoms with Gasteiger partial charge in [-0.1, -0.05) is 23.7 Å². The van der Waals surface area contributed by atoms with Crippen molar-refractivity contribution >= 4 is 40.9 Å². The van der Waals surface area contributed by atoms with E-state index in [0.717, 1.165) is 4.90 Å². The first-order chi connectivity index (χ1) is 10.6. The second-order valence-corrected chi connectivity index (χ2v) is 6.06. The van der Waals surface area contributed by atoms with Gasteiger partial charge in [0.05, 0.1) is 11.3 Å². The molecule has 0 unspecified atom stereocenters. The van der Waals surface area contributed by atoms with E-state index in [4.69, 9.17) is 16.7 Å². The minimum Gasteiger partial charge on any atom is -0.478 e. The molecule has 0 aliphatic rings. The Hall–Kier alpha value is -1.98. The number of thioether (sulfide) groups is 1. The summed E-state index contributed by atoms with van der Waals surface area (Å²) >= 11 is 7.35. The number of aromatic carboxylic acids is 1. The first-order valence-electron chi connectivity index (χ1n) is 6.57. The monoisotopic (exact) mass is 335 g/mol. The van der Waals surface area contributed by atoms with Crippen LogP contribution < -0.4 is 5.32 Å². The molecule has 1 amide bonds. The highest BCUT2D eigenvalue weighted by Gasteiger charge is 2.11.